The average Bonchev–Trinajstić information content (AvgIpc) is 2.80. The van der Waals surface area contributed by atoms with Crippen LogP contribution < -0.4 is 10.6 Å². The standard InChI is InChI=1S/C24H20N4O2S/c1-15-6-8-18(27-23(29)16-4-3-5-19(12-16)31-2)14-21(15)28-24(30)17-7-9-20-22(13-17)26-11-10-25-20/h3-14H,1-2H3,(H,27,29)(H,28,30). The second-order valence-corrected chi connectivity index (χ2v) is 7.81. The molecule has 4 aromatic rings. The van der Waals surface area contributed by atoms with Crippen LogP contribution in [0.4, 0.5) is 11.4 Å². The quantitative estimate of drug-likeness (QED) is 0.429. The summed E-state index contributed by atoms with van der Waals surface area (Å²) in [6.07, 6.45) is 5.17. The van der Waals surface area contributed by atoms with Crippen molar-refractivity contribution < 1.29 is 9.59 Å². The molecule has 2 N–H and O–H groups in total. The van der Waals surface area contributed by atoms with Crippen LogP contribution in [0.5, 0.6) is 0 Å². The van der Waals surface area contributed by atoms with Crippen LogP contribution in [0.3, 0.4) is 0 Å². The molecule has 154 valence electrons. The van der Waals surface area contributed by atoms with E-state index in [4.69, 9.17) is 0 Å². The molecular formula is C24H20N4O2S. The molecular weight excluding hydrogens is 408 g/mol. The molecule has 4 rings (SSSR count). The summed E-state index contributed by atoms with van der Waals surface area (Å²) in [5.41, 5.74) is 4.55. The van der Waals surface area contributed by atoms with E-state index in [2.05, 4.69) is 20.6 Å². The van der Waals surface area contributed by atoms with E-state index in [-0.39, 0.29) is 11.8 Å². The van der Waals surface area contributed by atoms with Crippen LogP contribution in [0.1, 0.15) is 26.3 Å². The number of nitrogens with zero attached hydrogens (tertiary/aromatic N) is 2. The van der Waals surface area contributed by atoms with Crippen LogP contribution in [-0.4, -0.2) is 28.0 Å². The van der Waals surface area contributed by atoms with Crippen molar-refractivity contribution in [2.24, 2.45) is 0 Å². The molecule has 0 aliphatic carbocycles. The maximum atomic E-state index is 12.8. The molecule has 6 nitrogen and oxygen atoms in total. The summed E-state index contributed by atoms with van der Waals surface area (Å²) in [6, 6.07) is 18.0. The Hall–Kier alpha value is -3.71. The smallest absolute Gasteiger partial charge is 0.255 e. The molecule has 0 unspecified atom stereocenters. The van der Waals surface area contributed by atoms with Crippen molar-refractivity contribution in [1.29, 1.82) is 0 Å². The summed E-state index contributed by atoms with van der Waals surface area (Å²) in [4.78, 5) is 34.9. The average molecular weight is 429 g/mol. The first-order valence-corrected chi connectivity index (χ1v) is 10.8. The molecule has 2 amide bonds. The number of carbonyl (C=O) groups excluding carboxylic acids is 2. The van der Waals surface area contributed by atoms with Gasteiger partial charge in [0.2, 0.25) is 0 Å². The summed E-state index contributed by atoms with van der Waals surface area (Å²) < 4.78 is 0. The molecule has 0 aliphatic heterocycles. The van der Waals surface area contributed by atoms with E-state index in [0.29, 0.717) is 28.0 Å². The molecule has 0 saturated carbocycles. The monoisotopic (exact) mass is 428 g/mol. The number of aryl methyl sites for hydroxylation is 1. The summed E-state index contributed by atoms with van der Waals surface area (Å²) in [7, 11) is 0. The van der Waals surface area contributed by atoms with E-state index in [0.717, 1.165) is 16.0 Å². The molecule has 0 spiro atoms. The number of amides is 2. The molecule has 31 heavy (non-hydrogen) atoms. The molecule has 0 atom stereocenters. The van der Waals surface area contributed by atoms with Crippen LogP contribution in [0.25, 0.3) is 11.0 Å². The lowest BCUT2D eigenvalue weighted by Crippen LogP contribution is -2.15. The van der Waals surface area contributed by atoms with Gasteiger partial charge >= 0.3 is 0 Å². The van der Waals surface area contributed by atoms with E-state index < -0.39 is 0 Å². The van der Waals surface area contributed by atoms with Crippen molar-refractivity contribution in [2.45, 2.75) is 11.8 Å². The predicted octanol–water partition coefficient (Wildman–Crippen LogP) is 5.16. The van der Waals surface area contributed by atoms with Gasteiger partial charge in [-0.15, -0.1) is 11.8 Å². The van der Waals surface area contributed by atoms with E-state index in [1.165, 1.54) is 0 Å². The highest BCUT2D eigenvalue weighted by Crippen LogP contribution is 2.23. The van der Waals surface area contributed by atoms with Gasteiger partial charge in [-0.3, -0.25) is 19.6 Å². The lowest BCUT2D eigenvalue weighted by Gasteiger charge is -2.12. The lowest BCUT2D eigenvalue weighted by molar-refractivity contribution is 0.101. The summed E-state index contributed by atoms with van der Waals surface area (Å²) in [5, 5.41) is 5.82. The minimum absolute atomic E-state index is 0.204. The predicted molar refractivity (Wildman–Crippen MR) is 125 cm³/mol. The molecule has 0 fully saturated rings. The third-order valence-corrected chi connectivity index (χ3v) is 5.53. The molecule has 1 aromatic heterocycles. The highest BCUT2D eigenvalue weighted by molar-refractivity contribution is 7.98. The number of fused-ring (bicyclic) bond motifs is 1. The van der Waals surface area contributed by atoms with Gasteiger partial charge in [0.25, 0.3) is 11.8 Å². The van der Waals surface area contributed by atoms with E-state index >= 15 is 0 Å². The zero-order chi connectivity index (χ0) is 21.8. The Morgan fingerprint density at radius 2 is 1.55 bits per heavy atom. The number of anilines is 2. The SMILES string of the molecule is CSc1cccc(C(=O)Nc2ccc(C)c(NC(=O)c3ccc4nccnc4c3)c2)c1. The maximum Gasteiger partial charge on any atom is 0.255 e. The fraction of sp³-hybridized carbons (Fsp3) is 0.0833. The summed E-state index contributed by atoms with van der Waals surface area (Å²) in [5.74, 6) is -0.461. The Morgan fingerprint density at radius 3 is 2.35 bits per heavy atom. The molecule has 7 heteroatoms. The summed E-state index contributed by atoms with van der Waals surface area (Å²) in [6.45, 7) is 1.90. The Bertz CT molecular complexity index is 1290. The molecule has 0 radical (unpaired) electrons. The zero-order valence-corrected chi connectivity index (χ0v) is 17.9. The number of rotatable bonds is 5. The normalized spacial score (nSPS) is 10.6. The van der Waals surface area contributed by atoms with Crippen molar-refractivity contribution >= 4 is 46.0 Å². The maximum absolute atomic E-state index is 12.8. The van der Waals surface area contributed by atoms with Crippen molar-refractivity contribution in [3.05, 3.63) is 89.7 Å². The van der Waals surface area contributed by atoms with Gasteiger partial charge in [0.05, 0.1) is 11.0 Å². The Balaban J connectivity index is 1.53. The lowest BCUT2D eigenvalue weighted by atomic mass is 10.1. The van der Waals surface area contributed by atoms with Gasteiger partial charge in [-0.25, -0.2) is 0 Å². The number of hydrogen-bond acceptors (Lipinski definition) is 5. The van der Waals surface area contributed by atoms with Gasteiger partial charge in [-0.1, -0.05) is 12.1 Å². The van der Waals surface area contributed by atoms with E-state index in [1.807, 2.05) is 43.5 Å². The number of benzene rings is 3. The molecule has 0 bridgehead atoms. The summed E-state index contributed by atoms with van der Waals surface area (Å²) >= 11 is 1.58. The first-order chi connectivity index (χ1) is 15.0. The van der Waals surface area contributed by atoms with Crippen molar-refractivity contribution in [1.82, 2.24) is 9.97 Å². The number of hydrogen-bond donors (Lipinski definition) is 2. The number of nitrogens with one attached hydrogen (secondary N) is 2. The van der Waals surface area contributed by atoms with Crippen LogP contribution in [-0.2, 0) is 0 Å². The molecule has 3 aromatic carbocycles. The fourth-order valence-corrected chi connectivity index (χ4v) is 3.56. The fourth-order valence-electron chi connectivity index (χ4n) is 3.10. The van der Waals surface area contributed by atoms with E-state index in [9.17, 15) is 9.59 Å². The van der Waals surface area contributed by atoms with Crippen molar-refractivity contribution in [3.63, 3.8) is 0 Å². The van der Waals surface area contributed by atoms with Crippen LogP contribution in [0.15, 0.2) is 78.0 Å². The highest BCUT2D eigenvalue weighted by atomic mass is 32.2. The Morgan fingerprint density at radius 1 is 0.806 bits per heavy atom. The van der Waals surface area contributed by atoms with Crippen molar-refractivity contribution in [2.75, 3.05) is 16.9 Å². The second-order valence-electron chi connectivity index (χ2n) is 6.93. The largest absolute Gasteiger partial charge is 0.322 e. The minimum atomic E-state index is -0.258. The van der Waals surface area contributed by atoms with E-state index in [1.54, 1.807) is 54.5 Å². The van der Waals surface area contributed by atoms with Crippen molar-refractivity contribution in [3.8, 4) is 0 Å². The third kappa shape index (κ3) is 4.73. The highest BCUT2D eigenvalue weighted by Gasteiger charge is 2.12. The van der Waals surface area contributed by atoms with Gasteiger partial charge < -0.3 is 10.6 Å². The number of carbonyl (C=O) groups is 2. The van der Waals surface area contributed by atoms with Gasteiger partial charge in [0.15, 0.2) is 0 Å². The first-order valence-electron chi connectivity index (χ1n) is 9.62. The number of thioether (sulfide) groups is 1. The van der Waals surface area contributed by atoms with Gasteiger partial charge in [-0.05, 0) is 67.3 Å². The Labute approximate surface area is 184 Å². The second kappa shape index (κ2) is 8.97. The van der Waals surface area contributed by atoms with Crippen LogP contribution in [0, 0.1) is 6.92 Å². The molecule has 0 aliphatic rings. The third-order valence-electron chi connectivity index (χ3n) is 4.81. The Kier molecular flexibility index (Phi) is 5.95. The topological polar surface area (TPSA) is 84.0 Å². The minimum Gasteiger partial charge on any atom is -0.322 e. The first kappa shape index (κ1) is 20.6. The molecule has 1 heterocycles. The number of aromatic nitrogens is 2. The zero-order valence-electron chi connectivity index (χ0n) is 17.0. The van der Waals surface area contributed by atoms with Crippen LogP contribution >= 0.6 is 11.8 Å². The van der Waals surface area contributed by atoms with Crippen LogP contribution in [0.2, 0.25) is 0 Å². The van der Waals surface area contributed by atoms with Gasteiger partial charge in [-0.2, -0.15) is 0 Å². The van der Waals surface area contributed by atoms with Gasteiger partial charge in [0, 0.05) is 39.8 Å². The van der Waals surface area contributed by atoms with Gasteiger partial charge in [0.1, 0.15) is 0 Å². The molecule has 0 saturated heterocycles.